The number of carbonyl (C=O) groups is 1. The van der Waals surface area contributed by atoms with Crippen LogP contribution in [0.3, 0.4) is 0 Å². The molecule has 3 rings (SSSR count). The molecule has 0 bridgehead atoms. The number of aromatic nitrogens is 2. The lowest BCUT2D eigenvalue weighted by molar-refractivity contribution is 0.102. The first-order chi connectivity index (χ1) is 11.7. The summed E-state index contributed by atoms with van der Waals surface area (Å²) in [6.07, 6.45) is 4.38. The van der Waals surface area contributed by atoms with Gasteiger partial charge in [0.25, 0.3) is 5.91 Å². The number of methoxy groups -OCH3 is 1. The van der Waals surface area contributed by atoms with E-state index in [-0.39, 0.29) is 5.91 Å². The van der Waals surface area contributed by atoms with Crippen molar-refractivity contribution in [2.45, 2.75) is 13.0 Å². The SMILES string of the molecule is COc1cccc(C(=O)Nc2cnn(CCc3ccccc3)c2)c1. The summed E-state index contributed by atoms with van der Waals surface area (Å²) in [4.78, 5) is 12.3. The number of hydrogen-bond acceptors (Lipinski definition) is 3. The van der Waals surface area contributed by atoms with Crippen molar-refractivity contribution in [2.75, 3.05) is 12.4 Å². The maximum Gasteiger partial charge on any atom is 0.255 e. The highest BCUT2D eigenvalue weighted by molar-refractivity contribution is 6.04. The van der Waals surface area contributed by atoms with E-state index >= 15 is 0 Å². The van der Waals surface area contributed by atoms with Gasteiger partial charge in [-0.05, 0) is 30.2 Å². The van der Waals surface area contributed by atoms with Crippen molar-refractivity contribution >= 4 is 11.6 Å². The molecule has 0 radical (unpaired) electrons. The molecular weight excluding hydrogens is 302 g/mol. The molecule has 0 unspecified atom stereocenters. The summed E-state index contributed by atoms with van der Waals surface area (Å²) in [7, 11) is 1.58. The van der Waals surface area contributed by atoms with Crippen molar-refractivity contribution in [3.63, 3.8) is 0 Å². The predicted molar refractivity (Wildman–Crippen MR) is 93.3 cm³/mol. The first-order valence-corrected chi connectivity index (χ1v) is 7.76. The topological polar surface area (TPSA) is 56.1 Å². The number of benzene rings is 2. The Morgan fingerprint density at radius 2 is 2.00 bits per heavy atom. The van der Waals surface area contributed by atoms with E-state index in [1.54, 1.807) is 37.6 Å². The number of hydrogen-bond donors (Lipinski definition) is 1. The van der Waals surface area contributed by atoms with Crippen LogP contribution in [0.2, 0.25) is 0 Å². The van der Waals surface area contributed by atoms with Crippen LogP contribution < -0.4 is 10.1 Å². The van der Waals surface area contributed by atoms with Gasteiger partial charge in [0.05, 0.1) is 19.0 Å². The molecule has 0 saturated heterocycles. The Balaban J connectivity index is 1.60. The molecular formula is C19H19N3O2. The van der Waals surface area contributed by atoms with E-state index in [2.05, 4.69) is 22.5 Å². The van der Waals surface area contributed by atoms with E-state index in [1.807, 2.05) is 29.1 Å². The van der Waals surface area contributed by atoms with Crippen LogP contribution in [0.5, 0.6) is 5.75 Å². The molecule has 3 aromatic rings. The van der Waals surface area contributed by atoms with Crippen molar-refractivity contribution in [1.82, 2.24) is 9.78 Å². The van der Waals surface area contributed by atoms with Crippen LogP contribution in [0.15, 0.2) is 67.0 Å². The van der Waals surface area contributed by atoms with Crippen molar-refractivity contribution in [2.24, 2.45) is 0 Å². The smallest absolute Gasteiger partial charge is 0.255 e. The maximum atomic E-state index is 12.3. The maximum absolute atomic E-state index is 12.3. The first-order valence-electron chi connectivity index (χ1n) is 7.76. The molecule has 0 fully saturated rings. The number of anilines is 1. The van der Waals surface area contributed by atoms with Gasteiger partial charge in [-0.2, -0.15) is 5.10 Å². The molecule has 24 heavy (non-hydrogen) atoms. The summed E-state index contributed by atoms with van der Waals surface area (Å²) in [5.74, 6) is 0.470. The van der Waals surface area contributed by atoms with Crippen molar-refractivity contribution in [3.05, 3.63) is 78.1 Å². The van der Waals surface area contributed by atoms with Crippen LogP contribution in [-0.2, 0) is 13.0 Å². The molecule has 0 aliphatic rings. The van der Waals surface area contributed by atoms with E-state index in [0.717, 1.165) is 13.0 Å². The van der Waals surface area contributed by atoms with Gasteiger partial charge in [0.15, 0.2) is 0 Å². The molecule has 0 spiro atoms. The lowest BCUT2D eigenvalue weighted by atomic mass is 10.1. The summed E-state index contributed by atoms with van der Waals surface area (Å²) in [5.41, 5.74) is 2.48. The van der Waals surface area contributed by atoms with Crippen LogP contribution in [0, 0.1) is 0 Å². The molecule has 1 aromatic heterocycles. The molecule has 1 heterocycles. The second-order valence-corrected chi connectivity index (χ2v) is 5.41. The van der Waals surface area contributed by atoms with Gasteiger partial charge in [-0.1, -0.05) is 36.4 Å². The summed E-state index contributed by atoms with van der Waals surface area (Å²) < 4.78 is 6.96. The second-order valence-electron chi connectivity index (χ2n) is 5.41. The Labute approximate surface area is 140 Å². The number of rotatable bonds is 6. The standard InChI is InChI=1S/C19H19N3O2/c1-24-18-9-5-8-16(12-18)19(23)21-17-13-20-22(14-17)11-10-15-6-3-2-4-7-15/h2-9,12-14H,10-11H2,1H3,(H,21,23). The van der Waals surface area contributed by atoms with Crippen molar-refractivity contribution in [3.8, 4) is 5.75 Å². The average molecular weight is 321 g/mol. The summed E-state index contributed by atoms with van der Waals surface area (Å²) in [6, 6.07) is 17.3. The average Bonchev–Trinajstić information content (AvgIpc) is 3.08. The van der Waals surface area contributed by atoms with Crippen LogP contribution >= 0.6 is 0 Å². The van der Waals surface area contributed by atoms with Crippen LogP contribution in [0.1, 0.15) is 15.9 Å². The normalized spacial score (nSPS) is 10.4. The molecule has 0 atom stereocenters. The Morgan fingerprint density at radius 1 is 1.17 bits per heavy atom. The third kappa shape index (κ3) is 4.01. The van der Waals surface area contributed by atoms with Crippen LogP contribution in [0.4, 0.5) is 5.69 Å². The third-order valence-corrected chi connectivity index (χ3v) is 3.70. The Bertz CT molecular complexity index is 812. The number of nitrogens with zero attached hydrogens (tertiary/aromatic N) is 2. The van der Waals surface area contributed by atoms with E-state index in [4.69, 9.17) is 4.74 Å². The molecule has 0 aliphatic heterocycles. The molecule has 122 valence electrons. The number of nitrogens with one attached hydrogen (secondary N) is 1. The predicted octanol–water partition coefficient (Wildman–Crippen LogP) is 3.39. The van der Waals surface area contributed by atoms with Crippen molar-refractivity contribution < 1.29 is 9.53 Å². The van der Waals surface area contributed by atoms with E-state index < -0.39 is 0 Å². The fourth-order valence-electron chi connectivity index (χ4n) is 2.41. The second kappa shape index (κ2) is 7.46. The number of aryl methyl sites for hydroxylation is 2. The highest BCUT2D eigenvalue weighted by Gasteiger charge is 2.08. The van der Waals surface area contributed by atoms with Crippen LogP contribution in [-0.4, -0.2) is 22.8 Å². The lowest BCUT2D eigenvalue weighted by Gasteiger charge is -2.05. The Hall–Kier alpha value is -3.08. The Kier molecular flexibility index (Phi) is 4.91. The van der Waals surface area contributed by atoms with Gasteiger partial charge in [-0.15, -0.1) is 0 Å². The highest BCUT2D eigenvalue weighted by atomic mass is 16.5. The zero-order valence-electron chi connectivity index (χ0n) is 13.5. The lowest BCUT2D eigenvalue weighted by Crippen LogP contribution is -2.11. The summed E-state index contributed by atoms with van der Waals surface area (Å²) >= 11 is 0. The van der Waals surface area contributed by atoms with E-state index in [1.165, 1.54) is 5.56 Å². The number of amides is 1. The largest absolute Gasteiger partial charge is 0.497 e. The number of carbonyl (C=O) groups excluding carboxylic acids is 1. The molecule has 2 aromatic carbocycles. The monoisotopic (exact) mass is 321 g/mol. The first kappa shape index (κ1) is 15.8. The molecule has 0 aliphatic carbocycles. The van der Waals surface area contributed by atoms with Crippen LogP contribution in [0.25, 0.3) is 0 Å². The fourth-order valence-corrected chi connectivity index (χ4v) is 2.41. The zero-order valence-corrected chi connectivity index (χ0v) is 13.5. The number of ether oxygens (including phenoxy) is 1. The van der Waals surface area contributed by atoms with Gasteiger partial charge in [-0.3, -0.25) is 9.48 Å². The molecule has 5 heteroatoms. The van der Waals surface area contributed by atoms with Gasteiger partial charge in [0.1, 0.15) is 5.75 Å². The minimum Gasteiger partial charge on any atom is -0.497 e. The van der Waals surface area contributed by atoms with E-state index in [0.29, 0.717) is 17.0 Å². The quantitative estimate of drug-likeness (QED) is 0.757. The fraction of sp³-hybridized carbons (Fsp3) is 0.158. The minimum absolute atomic E-state index is 0.184. The molecule has 1 N–H and O–H groups in total. The van der Waals surface area contributed by atoms with E-state index in [9.17, 15) is 4.79 Å². The zero-order chi connectivity index (χ0) is 16.8. The highest BCUT2D eigenvalue weighted by Crippen LogP contribution is 2.14. The van der Waals surface area contributed by atoms with Crippen molar-refractivity contribution in [1.29, 1.82) is 0 Å². The molecule has 1 amide bonds. The van der Waals surface area contributed by atoms with Gasteiger partial charge in [0.2, 0.25) is 0 Å². The van der Waals surface area contributed by atoms with Gasteiger partial charge >= 0.3 is 0 Å². The minimum atomic E-state index is -0.184. The summed E-state index contributed by atoms with van der Waals surface area (Å²) in [5, 5.41) is 7.14. The van der Waals surface area contributed by atoms with Gasteiger partial charge in [0, 0.05) is 18.3 Å². The molecule has 5 nitrogen and oxygen atoms in total. The van der Waals surface area contributed by atoms with Gasteiger partial charge < -0.3 is 10.1 Å². The third-order valence-electron chi connectivity index (χ3n) is 3.70. The molecule has 0 saturated carbocycles. The Morgan fingerprint density at radius 3 is 2.79 bits per heavy atom. The van der Waals surface area contributed by atoms with Gasteiger partial charge in [-0.25, -0.2) is 0 Å². The summed E-state index contributed by atoms with van der Waals surface area (Å²) in [6.45, 7) is 0.763.